The van der Waals surface area contributed by atoms with Gasteiger partial charge in [-0.15, -0.1) is 0 Å². The molecular weight excluding hydrogens is 596 g/mol. The van der Waals surface area contributed by atoms with Crippen molar-refractivity contribution in [1.29, 1.82) is 0 Å². The maximum atomic E-state index is 14.2. The summed E-state index contributed by atoms with van der Waals surface area (Å²) in [5, 5.41) is 2.80. The highest BCUT2D eigenvalue weighted by Crippen LogP contribution is 2.61. The topological polar surface area (TPSA) is 92.8 Å². The number of nitrogens with one attached hydrogen (secondary N) is 1. The Balaban J connectivity index is 1.25. The average Bonchev–Trinajstić information content (AvgIpc) is 3.26. The molecule has 3 aromatic carbocycles. The predicted molar refractivity (Wildman–Crippen MR) is 162 cm³/mol. The second-order valence-corrected chi connectivity index (χ2v) is 12.3. The summed E-state index contributed by atoms with van der Waals surface area (Å²) in [6.07, 6.45) is 1.69. The third-order valence-corrected chi connectivity index (χ3v) is 10.1. The fraction of sp³-hybridized carbons (Fsp3) is 0.353. The van der Waals surface area contributed by atoms with Crippen molar-refractivity contribution in [3.8, 4) is 0 Å². The number of amides is 3. The SMILES string of the molecule is CCCC[C@@H](C(=O)OCC(=O)Nc1ccc(Br)c(C)c1C)N1C(=O)[C@@H]2C3c4ccccc4C(c4ccccc43)[C@@H]2C1=O. The molecule has 0 radical (unpaired) electrons. The fourth-order valence-electron chi connectivity index (χ4n) is 7.10. The van der Waals surface area contributed by atoms with E-state index >= 15 is 0 Å². The highest BCUT2D eigenvalue weighted by molar-refractivity contribution is 9.10. The number of unbranched alkanes of at least 4 members (excludes halogenated alkanes) is 1. The first-order valence-electron chi connectivity index (χ1n) is 14.5. The molecule has 2 bridgehead atoms. The lowest BCUT2D eigenvalue weighted by molar-refractivity contribution is -0.160. The second-order valence-electron chi connectivity index (χ2n) is 11.5. The van der Waals surface area contributed by atoms with Crippen molar-refractivity contribution in [1.82, 2.24) is 4.90 Å². The Bertz CT molecular complexity index is 1500. The Hall–Kier alpha value is -3.78. The number of carbonyl (C=O) groups is 4. The molecule has 0 unspecified atom stereocenters. The van der Waals surface area contributed by atoms with E-state index < -0.39 is 36.4 Å². The number of carbonyl (C=O) groups excluding carboxylic acids is 4. The fourth-order valence-corrected chi connectivity index (χ4v) is 7.53. The normalized spacial score (nSPS) is 22.3. The van der Waals surface area contributed by atoms with Gasteiger partial charge in [0.1, 0.15) is 6.04 Å². The van der Waals surface area contributed by atoms with E-state index in [1.54, 1.807) is 6.07 Å². The third-order valence-electron chi connectivity index (χ3n) is 9.24. The molecule has 1 aliphatic heterocycles. The lowest BCUT2D eigenvalue weighted by Crippen LogP contribution is -2.47. The van der Waals surface area contributed by atoms with Crippen molar-refractivity contribution in [2.75, 3.05) is 11.9 Å². The van der Waals surface area contributed by atoms with Gasteiger partial charge in [0.15, 0.2) is 6.61 Å². The maximum absolute atomic E-state index is 14.2. The Morgan fingerprint density at radius 2 is 1.38 bits per heavy atom. The van der Waals surface area contributed by atoms with E-state index in [1.807, 2.05) is 51.1 Å². The van der Waals surface area contributed by atoms with Crippen LogP contribution in [0, 0.1) is 25.7 Å². The molecule has 0 saturated carbocycles. The lowest BCUT2D eigenvalue weighted by atomic mass is 9.55. The van der Waals surface area contributed by atoms with Crippen molar-refractivity contribution < 1.29 is 23.9 Å². The number of nitrogens with zero attached hydrogens (tertiary/aromatic N) is 1. The van der Waals surface area contributed by atoms with Gasteiger partial charge in [-0.05, 0) is 65.8 Å². The summed E-state index contributed by atoms with van der Waals surface area (Å²) in [6.45, 7) is 5.31. The lowest BCUT2D eigenvalue weighted by Gasteiger charge is -2.45. The number of likely N-dealkylation sites (tertiary alicyclic amines) is 1. The molecule has 8 heteroatoms. The minimum atomic E-state index is -1.08. The second kappa shape index (κ2) is 11.1. The van der Waals surface area contributed by atoms with Crippen LogP contribution in [0.1, 0.15) is 71.4 Å². The van der Waals surface area contributed by atoms with Crippen molar-refractivity contribution in [2.45, 2.75) is 57.9 Å². The monoisotopic (exact) mass is 628 g/mol. The van der Waals surface area contributed by atoms with E-state index in [9.17, 15) is 19.2 Å². The van der Waals surface area contributed by atoms with Crippen LogP contribution in [0.2, 0.25) is 0 Å². The van der Waals surface area contributed by atoms with E-state index in [2.05, 4.69) is 45.5 Å². The van der Waals surface area contributed by atoms with Crippen LogP contribution in [-0.4, -0.2) is 41.2 Å². The number of rotatable bonds is 8. The van der Waals surface area contributed by atoms with Gasteiger partial charge in [-0.3, -0.25) is 19.3 Å². The molecule has 7 nitrogen and oxygen atoms in total. The van der Waals surface area contributed by atoms with Gasteiger partial charge in [0.2, 0.25) is 11.8 Å². The van der Waals surface area contributed by atoms with Crippen molar-refractivity contribution in [3.05, 3.63) is 98.5 Å². The first-order chi connectivity index (χ1) is 20.2. The van der Waals surface area contributed by atoms with Crippen LogP contribution < -0.4 is 5.32 Å². The number of esters is 1. The Kier molecular flexibility index (Phi) is 7.51. The molecule has 7 rings (SSSR count). The van der Waals surface area contributed by atoms with Crippen LogP contribution in [0.3, 0.4) is 0 Å². The molecule has 4 aliphatic rings. The number of hydrogen-bond acceptors (Lipinski definition) is 5. The van der Waals surface area contributed by atoms with Crippen molar-refractivity contribution >= 4 is 45.3 Å². The number of halogens is 1. The van der Waals surface area contributed by atoms with Crippen LogP contribution in [0.4, 0.5) is 5.69 Å². The molecule has 0 aromatic heterocycles. The summed E-state index contributed by atoms with van der Waals surface area (Å²) in [5.74, 6) is -3.52. The molecule has 42 heavy (non-hydrogen) atoms. The van der Waals surface area contributed by atoms with E-state index in [4.69, 9.17) is 4.74 Å². The molecule has 1 fully saturated rings. The summed E-state index contributed by atoms with van der Waals surface area (Å²) < 4.78 is 6.41. The average molecular weight is 630 g/mol. The van der Waals surface area contributed by atoms with Gasteiger partial charge in [-0.1, -0.05) is 84.2 Å². The zero-order valence-corrected chi connectivity index (χ0v) is 25.4. The Labute approximate surface area is 253 Å². The molecule has 3 aliphatic carbocycles. The Morgan fingerprint density at radius 1 is 0.857 bits per heavy atom. The summed E-state index contributed by atoms with van der Waals surface area (Å²) in [7, 11) is 0. The molecular formula is C34H33BrN2O5. The van der Waals surface area contributed by atoms with Gasteiger partial charge in [-0.25, -0.2) is 4.79 Å². The standard InChI is InChI=1S/C34H33BrN2O5/c1-4-5-14-26(34(41)42-17-27(38)36-25-16-15-24(35)18(2)19(25)3)37-32(39)30-28-20-10-6-7-11-21(20)29(31(30)33(37)40)23-13-9-8-12-22(23)28/h6-13,15-16,26,28-31H,4-5,14,17H2,1-3H3,(H,36,38)/t26-,28?,29?,30-,31+/m0/s1. The van der Waals surface area contributed by atoms with Crippen molar-refractivity contribution in [2.24, 2.45) is 11.8 Å². The molecule has 216 valence electrons. The van der Waals surface area contributed by atoms with E-state index in [-0.39, 0.29) is 30.1 Å². The zero-order valence-electron chi connectivity index (χ0n) is 23.9. The largest absolute Gasteiger partial charge is 0.454 e. The molecule has 3 aromatic rings. The molecule has 1 heterocycles. The van der Waals surface area contributed by atoms with Crippen LogP contribution in [0.15, 0.2) is 65.1 Å². The van der Waals surface area contributed by atoms with Gasteiger partial charge in [0, 0.05) is 22.0 Å². The summed E-state index contributed by atoms with van der Waals surface area (Å²) >= 11 is 3.48. The van der Waals surface area contributed by atoms with Crippen molar-refractivity contribution in [3.63, 3.8) is 0 Å². The van der Waals surface area contributed by atoms with Gasteiger partial charge in [0.25, 0.3) is 5.91 Å². The molecule has 3 atom stereocenters. The van der Waals surface area contributed by atoms with E-state index in [0.29, 0.717) is 12.1 Å². The molecule has 1 N–H and O–H groups in total. The number of anilines is 1. The summed E-state index contributed by atoms with van der Waals surface area (Å²) in [4.78, 5) is 55.8. The van der Waals surface area contributed by atoms with E-state index in [0.717, 1.165) is 44.3 Å². The Morgan fingerprint density at radius 3 is 1.88 bits per heavy atom. The van der Waals surface area contributed by atoms with Crippen LogP contribution in [0.25, 0.3) is 0 Å². The number of benzene rings is 3. The highest BCUT2D eigenvalue weighted by Gasteiger charge is 2.63. The van der Waals surface area contributed by atoms with Crippen LogP contribution in [0.5, 0.6) is 0 Å². The first-order valence-corrected chi connectivity index (χ1v) is 15.3. The number of imide groups is 1. The first kappa shape index (κ1) is 28.3. The number of ether oxygens (including phenoxy) is 1. The van der Waals surface area contributed by atoms with E-state index in [1.165, 1.54) is 4.90 Å². The highest BCUT2D eigenvalue weighted by atomic mass is 79.9. The smallest absolute Gasteiger partial charge is 0.329 e. The summed E-state index contributed by atoms with van der Waals surface area (Å²) in [5.41, 5.74) is 6.83. The van der Waals surface area contributed by atoms with Gasteiger partial charge < -0.3 is 10.1 Å². The molecule has 3 amide bonds. The third kappa shape index (κ3) is 4.47. The predicted octanol–water partition coefficient (Wildman–Crippen LogP) is 6.00. The minimum absolute atomic E-state index is 0.250. The minimum Gasteiger partial charge on any atom is -0.454 e. The van der Waals surface area contributed by atoms with Gasteiger partial charge in [0.05, 0.1) is 11.8 Å². The van der Waals surface area contributed by atoms with Gasteiger partial charge >= 0.3 is 5.97 Å². The van der Waals surface area contributed by atoms with Crippen LogP contribution >= 0.6 is 15.9 Å². The quantitative estimate of drug-likeness (QED) is 0.244. The van der Waals surface area contributed by atoms with Gasteiger partial charge in [-0.2, -0.15) is 0 Å². The summed E-state index contributed by atoms with van der Waals surface area (Å²) in [6, 6.07) is 18.6. The van der Waals surface area contributed by atoms with Crippen LogP contribution in [-0.2, 0) is 23.9 Å². The maximum Gasteiger partial charge on any atom is 0.329 e. The number of hydrogen-bond donors (Lipinski definition) is 1. The zero-order chi connectivity index (χ0) is 29.7. The molecule has 1 saturated heterocycles. The molecule has 0 spiro atoms.